The number of carbonyl (C=O) groups is 1. The summed E-state index contributed by atoms with van der Waals surface area (Å²) >= 11 is 5.56. The van der Waals surface area contributed by atoms with Crippen LogP contribution in [-0.4, -0.2) is 22.4 Å². The maximum atomic E-state index is 11.5. The first-order valence-electron chi connectivity index (χ1n) is 4.89. The quantitative estimate of drug-likeness (QED) is 0.855. The maximum Gasteiger partial charge on any atom is 0.271 e. The molecule has 0 bridgehead atoms. The normalized spacial score (nSPS) is 12.2. The number of hydrogen-bond donors (Lipinski definition) is 1. The molecule has 82 valence electrons. The van der Waals surface area contributed by atoms with E-state index in [1.165, 1.54) is 12.4 Å². The lowest BCUT2D eigenvalue weighted by atomic mass is 10.1. The highest BCUT2D eigenvalue weighted by atomic mass is 35.5. The molecule has 0 spiro atoms. The Morgan fingerprint density at radius 1 is 1.53 bits per heavy atom. The Labute approximate surface area is 94.1 Å². The number of amides is 1. The van der Waals surface area contributed by atoms with Crippen molar-refractivity contribution < 1.29 is 4.79 Å². The molecule has 0 saturated carbocycles. The van der Waals surface area contributed by atoms with Gasteiger partial charge in [0.15, 0.2) is 0 Å². The first-order chi connectivity index (χ1) is 7.13. The monoisotopic (exact) mass is 227 g/mol. The van der Waals surface area contributed by atoms with Crippen molar-refractivity contribution in [1.82, 2.24) is 15.3 Å². The third-order valence-electron chi connectivity index (χ3n) is 2.16. The number of rotatable bonds is 4. The van der Waals surface area contributed by atoms with E-state index in [2.05, 4.69) is 29.1 Å². The van der Waals surface area contributed by atoms with Crippen LogP contribution in [0.1, 0.15) is 30.8 Å². The van der Waals surface area contributed by atoms with Gasteiger partial charge in [-0.05, 0) is 5.92 Å². The zero-order valence-corrected chi connectivity index (χ0v) is 9.58. The van der Waals surface area contributed by atoms with Crippen LogP contribution in [0.2, 0.25) is 5.15 Å². The minimum absolute atomic E-state index is 0.209. The Balaban J connectivity index is 2.50. The number of nitrogens with zero attached hydrogens (tertiary/aromatic N) is 2. The van der Waals surface area contributed by atoms with Crippen molar-refractivity contribution in [3.63, 3.8) is 0 Å². The van der Waals surface area contributed by atoms with Gasteiger partial charge in [0, 0.05) is 6.54 Å². The molecule has 1 atom stereocenters. The molecular formula is C10H14ClN3O. The highest BCUT2D eigenvalue weighted by molar-refractivity contribution is 6.29. The van der Waals surface area contributed by atoms with Gasteiger partial charge in [-0.25, -0.2) is 9.97 Å². The van der Waals surface area contributed by atoms with Gasteiger partial charge in [0.05, 0.1) is 12.4 Å². The van der Waals surface area contributed by atoms with Crippen molar-refractivity contribution in [3.8, 4) is 0 Å². The van der Waals surface area contributed by atoms with Gasteiger partial charge in [-0.2, -0.15) is 0 Å². The van der Waals surface area contributed by atoms with E-state index >= 15 is 0 Å². The largest absolute Gasteiger partial charge is 0.350 e. The lowest BCUT2D eigenvalue weighted by Crippen LogP contribution is -2.28. The average molecular weight is 228 g/mol. The Hall–Kier alpha value is -1.16. The molecule has 4 nitrogen and oxygen atoms in total. The van der Waals surface area contributed by atoms with E-state index in [4.69, 9.17) is 11.6 Å². The Morgan fingerprint density at radius 2 is 2.27 bits per heavy atom. The van der Waals surface area contributed by atoms with E-state index in [1.54, 1.807) is 0 Å². The van der Waals surface area contributed by atoms with E-state index in [0.717, 1.165) is 6.42 Å². The van der Waals surface area contributed by atoms with Crippen LogP contribution in [0.15, 0.2) is 12.4 Å². The number of aromatic nitrogens is 2. The van der Waals surface area contributed by atoms with Gasteiger partial charge in [0.25, 0.3) is 5.91 Å². The Bertz CT molecular complexity index is 326. The fourth-order valence-corrected chi connectivity index (χ4v) is 1.03. The molecule has 0 aromatic carbocycles. The molecule has 1 amide bonds. The van der Waals surface area contributed by atoms with Crippen molar-refractivity contribution in [2.75, 3.05) is 6.54 Å². The van der Waals surface area contributed by atoms with Crippen molar-refractivity contribution in [3.05, 3.63) is 23.2 Å². The molecular weight excluding hydrogens is 214 g/mol. The van der Waals surface area contributed by atoms with Crippen molar-refractivity contribution in [2.45, 2.75) is 20.3 Å². The molecule has 5 heteroatoms. The van der Waals surface area contributed by atoms with Gasteiger partial charge in [-0.1, -0.05) is 31.9 Å². The molecule has 1 rings (SSSR count). The van der Waals surface area contributed by atoms with Crippen molar-refractivity contribution in [2.24, 2.45) is 5.92 Å². The second-order valence-corrected chi connectivity index (χ2v) is 3.84. The van der Waals surface area contributed by atoms with E-state index in [0.29, 0.717) is 18.2 Å². The molecule has 0 radical (unpaired) electrons. The second-order valence-electron chi connectivity index (χ2n) is 3.45. The summed E-state index contributed by atoms with van der Waals surface area (Å²) in [5, 5.41) is 3.07. The summed E-state index contributed by atoms with van der Waals surface area (Å²) in [6, 6.07) is 0. The molecule has 1 unspecified atom stereocenters. The average Bonchev–Trinajstić information content (AvgIpc) is 2.26. The summed E-state index contributed by atoms with van der Waals surface area (Å²) in [4.78, 5) is 19.2. The Kier molecular flexibility index (Phi) is 4.49. The smallest absolute Gasteiger partial charge is 0.271 e. The molecule has 1 heterocycles. The van der Waals surface area contributed by atoms with Crippen LogP contribution in [0, 0.1) is 5.92 Å². The predicted molar refractivity (Wildman–Crippen MR) is 58.8 cm³/mol. The van der Waals surface area contributed by atoms with Gasteiger partial charge in [-0.15, -0.1) is 0 Å². The standard InChI is InChI=1S/C10H14ClN3O/c1-3-7(2)4-14-10(15)8-5-13-9(11)6-12-8/h5-7H,3-4H2,1-2H3,(H,14,15). The summed E-state index contributed by atoms with van der Waals surface area (Å²) in [5.41, 5.74) is 0.294. The zero-order valence-electron chi connectivity index (χ0n) is 8.83. The first-order valence-corrected chi connectivity index (χ1v) is 5.27. The SMILES string of the molecule is CCC(C)CNC(=O)c1cnc(Cl)cn1. The number of nitrogens with one attached hydrogen (secondary N) is 1. The van der Waals surface area contributed by atoms with Crippen LogP contribution in [0.3, 0.4) is 0 Å². The summed E-state index contributed by atoms with van der Waals surface area (Å²) in [5.74, 6) is 0.258. The van der Waals surface area contributed by atoms with Crippen LogP contribution in [-0.2, 0) is 0 Å². The zero-order chi connectivity index (χ0) is 11.3. The third kappa shape index (κ3) is 3.83. The topological polar surface area (TPSA) is 54.9 Å². The molecule has 0 aliphatic carbocycles. The van der Waals surface area contributed by atoms with Crippen molar-refractivity contribution in [1.29, 1.82) is 0 Å². The molecule has 15 heavy (non-hydrogen) atoms. The fourth-order valence-electron chi connectivity index (χ4n) is 0.931. The molecule has 0 fully saturated rings. The molecule has 0 aliphatic rings. The van der Waals surface area contributed by atoms with Crippen LogP contribution in [0.25, 0.3) is 0 Å². The Morgan fingerprint density at radius 3 is 2.80 bits per heavy atom. The lowest BCUT2D eigenvalue weighted by molar-refractivity contribution is 0.0942. The van der Waals surface area contributed by atoms with Gasteiger partial charge in [0.1, 0.15) is 10.8 Å². The minimum atomic E-state index is -0.209. The lowest BCUT2D eigenvalue weighted by Gasteiger charge is -2.09. The summed E-state index contributed by atoms with van der Waals surface area (Å²) in [6.07, 6.45) is 3.76. The van der Waals surface area contributed by atoms with E-state index in [9.17, 15) is 4.79 Å². The molecule has 1 N–H and O–H groups in total. The van der Waals surface area contributed by atoms with Gasteiger partial charge >= 0.3 is 0 Å². The van der Waals surface area contributed by atoms with Gasteiger partial charge in [-0.3, -0.25) is 4.79 Å². The predicted octanol–water partition coefficient (Wildman–Crippen LogP) is 1.91. The first kappa shape index (κ1) is 11.9. The van der Waals surface area contributed by atoms with Gasteiger partial charge in [0.2, 0.25) is 0 Å². The third-order valence-corrected chi connectivity index (χ3v) is 2.36. The fraction of sp³-hybridized carbons (Fsp3) is 0.500. The maximum absolute atomic E-state index is 11.5. The molecule has 0 aliphatic heterocycles. The summed E-state index contributed by atoms with van der Waals surface area (Å²) < 4.78 is 0. The minimum Gasteiger partial charge on any atom is -0.350 e. The van der Waals surface area contributed by atoms with Crippen LogP contribution in [0.4, 0.5) is 0 Å². The highest BCUT2D eigenvalue weighted by Gasteiger charge is 2.08. The van der Waals surface area contributed by atoms with Gasteiger partial charge < -0.3 is 5.32 Å². The molecule has 1 aromatic rings. The summed E-state index contributed by atoms with van der Waals surface area (Å²) in [7, 11) is 0. The molecule has 1 aromatic heterocycles. The second kappa shape index (κ2) is 5.66. The van der Waals surface area contributed by atoms with Crippen molar-refractivity contribution >= 4 is 17.5 Å². The van der Waals surface area contributed by atoms with E-state index < -0.39 is 0 Å². The number of halogens is 1. The van der Waals surface area contributed by atoms with E-state index in [-0.39, 0.29) is 11.1 Å². The number of carbonyl (C=O) groups excluding carboxylic acids is 1. The van der Waals surface area contributed by atoms with Crippen LogP contribution < -0.4 is 5.32 Å². The summed E-state index contributed by atoms with van der Waals surface area (Å²) in [6.45, 7) is 4.81. The van der Waals surface area contributed by atoms with E-state index in [1.807, 2.05) is 0 Å². The number of hydrogen-bond acceptors (Lipinski definition) is 3. The highest BCUT2D eigenvalue weighted by Crippen LogP contribution is 2.02. The van der Waals surface area contributed by atoms with Crippen LogP contribution in [0.5, 0.6) is 0 Å². The molecule has 0 saturated heterocycles. The van der Waals surface area contributed by atoms with Crippen LogP contribution >= 0.6 is 11.6 Å².